The number of hydrogen-bond acceptors (Lipinski definition) is 2. The number of benzene rings is 3. The van der Waals surface area contributed by atoms with Gasteiger partial charge in [-0.3, -0.25) is 4.57 Å². The minimum atomic E-state index is -3.66. The zero-order valence-corrected chi connectivity index (χ0v) is 22.7. The number of hydrogen-bond donors (Lipinski definition) is 0. The molecule has 37 heavy (non-hydrogen) atoms. The minimum absolute atomic E-state index is 0.311. The summed E-state index contributed by atoms with van der Waals surface area (Å²) in [5, 5.41) is 1.22. The molecule has 0 spiro atoms. The highest BCUT2D eigenvalue weighted by atomic mass is 35.5. The molecule has 0 saturated carbocycles. The van der Waals surface area contributed by atoms with Crippen molar-refractivity contribution in [2.75, 3.05) is 0 Å². The molecule has 2 heterocycles. The lowest BCUT2D eigenvalue weighted by Gasteiger charge is -2.21. The van der Waals surface area contributed by atoms with Crippen LogP contribution in [0.2, 0.25) is 0 Å². The number of nitrogens with zero attached hydrogens (tertiary/aromatic N) is 3. The molecular weight excluding hydrogens is 544 g/mol. The van der Waals surface area contributed by atoms with E-state index in [1.54, 1.807) is 6.08 Å². The van der Waals surface area contributed by atoms with Crippen LogP contribution in [0.15, 0.2) is 130 Å². The van der Waals surface area contributed by atoms with E-state index in [9.17, 15) is 4.57 Å². The molecule has 8 heteroatoms. The Hall–Kier alpha value is -3.14. The number of fused-ring (bicyclic) bond motifs is 2. The summed E-state index contributed by atoms with van der Waals surface area (Å²) in [7, 11) is -3.66. The first-order valence-corrected chi connectivity index (χ1v) is 14.4. The lowest BCUT2D eigenvalue weighted by molar-refractivity contribution is 0.554. The zero-order valence-electron chi connectivity index (χ0n) is 19.5. The molecular formula is C29H21Cl3N3OP. The van der Waals surface area contributed by atoms with Crippen molar-refractivity contribution in [1.82, 2.24) is 4.90 Å². The van der Waals surface area contributed by atoms with E-state index in [0.717, 1.165) is 22.3 Å². The summed E-state index contributed by atoms with van der Waals surface area (Å²) >= 11 is 19.6. The van der Waals surface area contributed by atoms with Gasteiger partial charge >= 0.3 is 0 Å². The SMILES string of the molecule is O=P(C=C(Cl)c1ccccc1)(C=C(Cl)c1ccccc1)N=C1N=C2C=CC(Cl)=CN2Cc2ccccc21. The lowest BCUT2D eigenvalue weighted by atomic mass is 10.1. The fourth-order valence-corrected chi connectivity index (χ4v) is 6.81. The van der Waals surface area contributed by atoms with Crippen LogP contribution in [0.1, 0.15) is 22.3 Å². The normalized spacial score (nSPS) is 18.4. The fraction of sp³-hybridized carbons (Fsp3) is 0.0345. The second-order valence-electron chi connectivity index (χ2n) is 8.38. The number of halogens is 3. The van der Waals surface area contributed by atoms with Gasteiger partial charge in [0, 0.05) is 29.9 Å². The van der Waals surface area contributed by atoms with Gasteiger partial charge in [0.1, 0.15) is 5.84 Å². The molecule has 3 aromatic rings. The standard InChI is InChI=1S/C29H21Cl3N3OP/c30-24-15-16-28-33-29(25-14-8-7-13-23(25)17-35(28)18-24)34-37(36,19-26(31)21-9-3-1-4-10-21)20-27(32)22-11-5-2-6-12-22/h1-16,18-20H,17H2. The molecule has 0 aliphatic carbocycles. The van der Waals surface area contributed by atoms with Gasteiger partial charge < -0.3 is 4.90 Å². The summed E-state index contributed by atoms with van der Waals surface area (Å²) in [6.45, 7) is 0.542. The van der Waals surface area contributed by atoms with Crippen molar-refractivity contribution >= 4 is 63.8 Å². The van der Waals surface area contributed by atoms with Crippen molar-refractivity contribution in [3.8, 4) is 0 Å². The molecule has 5 rings (SSSR count). The van der Waals surface area contributed by atoms with E-state index in [-0.39, 0.29) is 0 Å². The first-order valence-electron chi connectivity index (χ1n) is 11.5. The molecule has 0 aromatic heterocycles. The van der Waals surface area contributed by atoms with Crippen molar-refractivity contribution in [2.24, 2.45) is 9.76 Å². The van der Waals surface area contributed by atoms with Gasteiger partial charge in [-0.25, -0.2) is 4.99 Å². The maximum absolute atomic E-state index is 14.5. The van der Waals surface area contributed by atoms with E-state index in [1.165, 1.54) is 11.6 Å². The molecule has 0 unspecified atom stereocenters. The first-order chi connectivity index (χ1) is 17.9. The molecule has 2 aliphatic rings. The van der Waals surface area contributed by atoms with E-state index >= 15 is 0 Å². The average Bonchev–Trinajstić information content (AvgIpc) is 3.05. The van der Waals surface area contributed by atoms with Crippen LogP contribution in [-0.4, -0.2) is 16.6 Å². The summed E-state index contributed by atoms with van der Waals surface area (Å²) in [5.74, 6) is 3.92. The van der Waals surface area contributed by atoms with E-state index < -0.39 is 7.29 Å². The maximum Gasteiger partial charge on any atom is 0.238 e. The highest BCUT2D eigenvalue weighted by Crippen LogP contribution is 2.56. The van der Waals surface area contributed by atoms with Crippen molar-refractivity contribution in [3.63, 3.8) is 0 Å². The van der Waals surface area contributed by atoms with Gasteiger partial charge in [-0.1, -0.05) is 120 Å². The third-order valence-electron chi connectivity index (χ3n) is 5.73. The molecule has 3 aromatic carbocycles. The molecule has 0 saturated heterocycles. The fourth-order valence-electron chi connectivity index (χ4n) is 3.95. The van der Waals surface area contributed by atoms with E-state index in [2.05, 4.69) is 0 Å². The van der Waals surface area contributed by atoms with Gasteiger partial charge in [0.15, 0.2) is 5.84 Å². The topological polar surface area (TPSA) is 45.0 Å². The zero-order chi connectivity index (χ0) is 25.8. The van der Waals surface area contributed by atoms with Crippen LogP contribution >= 0.6 is 42.1 Å². The third kappa shape index (κ3) is 6.06. The minimum Gasteiger partial charge on any atom is -0.327 e. The second kappa shape index (κ2) is 11.1. The molecule has 0 fully saturated rings. The van der Waals surface area contributed by atoms with Crippen LogP contribution in [-0.2, 0) is 11.1 Å². The first kappa shape index (κ1) is 25.5. The highest BCUT2D eigenvalue weighted by Gasteiger charge is 2.25. The Balaban J connectivity index is 1.70. The van der Waals surface area contributed by atoms with Gasteiger partial charge in [0.25, 0.3) is 0 Å². The Kier molecular flexibility index (Phi) is 7.64. The summed E-state index contributed by atoms with van der Waals surface area (Å²) < 4.78 is 19.3. The number of amidine groups is 2. The largest absolute Gasteiger partial charge is 0.327 e. The van der Waals surface area contributed by atoms with E-state index in [4.69, 9.17) is 44.6 Å². The number of allylic oxidation sites excluding steroid dienone is 2. The van der Waals surface area contributed by atoms with Crippen LogP contribution in [0.5, 0.6) is 0 Å². The Morgan fingerprint density at radius 3 is 2.03 bits per heavy atom. The summed E-state index contributed by atoms with van der Waals surface area (Å²) in [5.41, 5.74) is 3.19. The van der Waals surface area contributed by atoms with Gasteiger partial charge in [0.05, 0.1) is 15.1 Å². The van der Waals surface area contributed by atoms with Gasteiger partial charge in [0.2, 0.25) is 7.29 Å². The summed E-state index contributed by atoms with van der Waals surface area (Å²) in [4.78, 5) is 6.74. The lowest BCUT2D eigenvalue weighted by Crippen LogP contribution is -2.24. The Labute approximate surface area is 231 Å². The number of rotatable bonds is 5. The Morgan fingerprint density at radius 1 is 0.838 bits per heavy atom. The molecule has 0 amide bonds. The summed E-state index contributed by atoms with van der Waals surface area (Å²) in [6.07, 6.45) is 5.40. The van der Waals surface area contributed by atoms with E-state index in [0.29, 0.717) is 33.3 Å². The third-order valence-corrected chi connectivity index (χ3v) is 8.67. The number of aliphatic imine (C=N–C) groups is 1. The Morgan fingerprint density at radius 2 is 1.41 bits per heavy atom. The van der Waals surface area contributed by atoms with Gasteiger partial charge in [-0.15, -0.1) is 0 Å². The monoisotopic (exact) mass is 563 g/mol. The van der Waals surface area contributed by atoms with Crippen molar-refractivity contribution in [3.05, 3.63) is 142 Å². The van der Waals surface area contributed by atoms with Gasteiger partial charge in [-0.05, 0) is 28.8 Å². The van der Waals surface area contributed by atoms with Crippen molar-refractivity contribution < 1.29 is 4.57 Å². The quantitative estimate of drug-likeness (QED) is 0.290. The van der Waals surface area contributed by atoms with Crippen molar-refractivity contribution in [2.45, 2.75) is 6.54 Å². The second-order valence-corrected chi connectivity index (χ2v) is 11.7. The molecule has 0 atom stereocenters. The van der Waals surface area contributed by atoms with Crippen LogP contribution in [0.3, 0.4) is 0 Å². The Bertz CT molecular complexity index is 1500. The van der Waals surface area contributed by atoms with Crippen LogP contribution < -0.4 is 0 Å². The van der Waals surface area contributed by atoms with Crippen LogP contribution in [0, 0.1) is 0 Å². The molecule has 4 nitrogen and oxygen atoms in total. The predicted octanol–water partition coefficient (Wildman–Crippen LogP) is 9.05. The van der Waals surface area contributed by atoms with Crippen molar-refractivity contribution in [1.29, 1.82) is 0 Å². The maximum atomic E-state index is 14.5. The molecule has 184 valence electrons. The van der Waals surface area contributed by atoms with Crippen LogP contribution in [0.25, 0.3) is 10.1 Å². The van der Waals surface area contributed by atoms with Crippen LogP contribution in [0.4, 0.5) is 0 Å². The molecule has 0 radical (unpaired) electrons. The predicted molar refractivity (Wildman–Crippen MR) is 157 cm³/mol. The average molecular weight is 565 g/mol. The summed E-state index contributed by atoms with van der Waals surface area (Å²) in [6, 6.07) is 26.4. The smallest absolute Gasteiger partial charge is 0.238 e. The molecule has 2 aliphatic heterocycles. The highest BCUT2D eigenvalue weighted by molar-refractivity contribution is 7.69. The van der Waals surface area contributed by atoms with E-state index in [1.807, 2.05) is 102 Å². The van der Waals surface area contributed by atoms with Gasteiger partial charge in [-0.2, -0.15) is 4.76 Å². The molecule has 0 bridgehead atoms. The molecule has 0 N–H and O–H groups in total.